The Labute approximate surface area is 172 Å². The molecule has 0 fully saturated rings. The van der Waals surface area contributed by atoms with Gasteiger partial charge in [-0.25, -0.2) is 0 Å². The van der Waals surface area contributed by atoms with E-state index in [0.29, 0.717) is 36.1 Å². The Balaban J connectivity index is 1.62. The molecule has 1 aliphatic carbocycles. The Morgan fingerprint density at radius 1 is 1.17 bits per heavy atom. The number of fused-ring (bicyclic) bond motifs is 2. The van der Waals surface area contributed by atoms with Crippen LogP contribution in [0.2, 0.25) is 0 Å². The summed E-state index contributed by atoms with van der Waals surface area (Å²) in [6.07, 6.45) is -0.168. The Kier molecular flexibility index (Phi) is 5.56. The third kappa shape index (κ3) is 4.21. The molecule has 0 radical (unpaired) electrons. The minimum absolute atomic E-state index is 0.133. The van der Waals surface area contributed by atoms with E-state index in [1.807, 2.05) is 12.1 Å². The van der Waals surface area contributed by atoms with Gasteiger partial charge in [-0.3, -0.25) is 4.79 Å². The van der Waals surface area contributed by atoms with Crippen LogP contribution in [0, 0.1) is 0 Å². The molecular formula is C23H22F3NO3. The molecule has 2 aliphatic rings. The Morgan fingerprint density at radius 2 is 2.00 bits per heavy atom. The Hall–Kier alpha value is -2.80. The fourth-order valence-electron chi connectivity index (χ4n) is 4.10. The third-order valence-corrected chi connectivity index (χ3v) is 5.52. The van der Waals surface area contributed by atoms with Gasteiger partial charge in [-0.1, -0.05) is 18.2 Å². The standard InChI is InChI=1S/C23H22F3NO3/c24-23(25,26)16-9-10-17-15(6-3-11-30-20(17)13-16)12-21(29)27-18-7-1-4-14-5-2-8-19(28)22(14)18/h1,4,7,9-10,12-13,19,28H,2-3,5-6,8,11H2,(H,27,29)/b15-12+. The second kappa shape index (κ2) is 8.14. The zero-order valence-electron chi connectivity index (χ0n) is 16.3. The monoisotopic (exact) mass is 417 g/mol. The number of hydrogen-bond acceptors (Lipinski definition) is 3. The molecule has 30 heavy (non-hydrogen) atoms. The highest BCUT2D eigenvalue weighted by atomic mass is 19.4. The molecule has 1 unspecified atom stereocenters. The summed E-state index contributed by atoms with van der Waals surface area (Å²) in [6.45, 7) is 0.283. The van der Waals surface area contributed by atoms with Crippen LogP contribution in [0.1, 0.15) is 54.0 Å². The van der Waals surface area contributed by atoms with Crippen LogP contribution in [-0.2, 0) is 17.4 Å². The van der Waals surface area contributed by atoms with Gasteiger partial charge in [0.1, 0.15) is 5.75 Å². The van der Waals surface area contributed by atoms with Crippen LogP contribution in [0.15, 0.2) is 42.5 Å². The summed E-state index contributed by atoms with van der Waals surface area (Å²) in [5, 5.41) is 13.2. The van der Waals surface area contributed by atoms with Crippen molar-refractivity contribution in [1.29, 1.82) is 0 Å². The summed E-state index contributed by atoms with van der Waals surface area (Å²) in [7, 11) is 0. The predicted molar refractivity (Wildman–Crippen MR) is 107 cm³/mol. The van der Waals surface area contributed by atoms with Gasteiger partial charge in [0, 0.05) is 22.9 Å². The SMILES string of the molecule is O=C(/C=C1\CCCOc2cc(C(F)(F)F)ccc21)Nc1cccc2c1C(O)CCC2. The number of carbonyl (C=O) groups excluding carboxylic acids is 1. The molecule has 2 aromatic rings. The maximum atomic E-state index is 13.0. The van der Waals surface area contributed by atoms with E-state index in [4.69, 9.17) is 4.74 Å². The van der Waals surface area contributed by atoms with Crippen molar-refractivity contribution in [1.82, 2.24) is 0 Å². The topological polar surface area (TPSA) is 58.6 Å². The predicted octanol–water partition coefficient (Wildman–Crippen LogP) is 5.27. The smallest absolute Gasteiger partial charge is 0.416 e. The summed E-state index contributed by atoms with van der Waals surface area (Å²) >= 11 is 0. The number of rotatable bonds is 2. The highest BCUT2D eigenvalue weighted by Gasteiger charge is 2.32. The highest BCUT2D eigenvalue weighted by Crippen LogP contribution is 2.38. The number of hydrogen-bond donors (Lipinski definition) is 2. The number of alkyl halides is 3. The van der Waals surface area contributed by atoms with Crippen LogP contribution in [0.3, 0.4) is 0 Å². The molecule has 158 valence electrons. The molecule has 1 atom stereocenters. The lowest BCUT2D eigenvalue weighted by Gasteiger charge is -2.24. The number of aliphatic hydroxyl groups is 1. The second-order valence-corrected chi connectivity index (χ2v) is 7.61. The lowest BCUT2D eigenvalue weighted by Crippen LogP contribution is -2.16. The van der Waals surface area contributed by atoms with Crippen LogP contribution in [0.5, 0.6) is 5.75 Å². The minimum Gasteiger partial charge on any atom is -0.493 e. The summed E-state index contributed by atoms with van der Waals surface area (Å²) in [5.41, 5.74) is 2.67. The molecule has 0 saturated carbocycles. The lowest BCUT2D eigenvalue weighted by molar-refractivity contribution is -0.137. The van der Waals surface area contributed by atoms with Gasteiger partial charge in [0.05, 0.1) is 18.3 Å². The van der Waals surface area contributed by atoms with Crippen molar-refractivity contribution in [3.05, 3.63) is 64.7 Å². The number of benzene rings is 2. The molecule has 4 rings (SSSR count). The van der Waals surface area contributed by atoms with Crippen LogP contribution in [-0.4, -0.2) is 17.6 Å². The number of aliphatic hydroxyl groups excluding tert-OH is 1. The number of ether oxygens (including phenoxy) is 1. The van der Waals surface area contributed by atoms with Crippen molar-refractivity contribution in [2.45, 2.75) is 44.4 Å². The number of halogens is 3. The molecular weight excluding hydrogens is 395 g/mol. The van der Waals surface area contributed by atoms with Gasteiger partial charge in [0.15, 0.2) is 0 Å². The zero-order chi connectivity index (χ0) is 21.3. The number of carbonyl (C=O) groups is 1. The third-order valence-electron chi connectivity index (χ3n) is 5.52. The molecule has 0 bridgehead atoms. The normalized spacial score (nSPS) is 20.0. The van der Waals surface area contributed by atoms with Crippen molar-refractivity contribution in [2.24, 2.45) is 0 Å². The van der Waals surface area contributed by atoms with Gasteiger partial charge in [-0.05, 0) is 61.4 Å². The van der Waals surface area contributed by atoms with Gasteiger partial charge in [-0.15, -0.1) is 0 Å². The van der Waals surface area contributed by atoms with Crippen molar-refractivity contribution >= 4 is 17.2 Å². The largest absolute Gasteiger partial charge is 0.493 e. The number of allylic oxidation sites excluding steroid dienone is 1. The van der Waals surface area contributed by atoms with Crippen LogP contribution in [0.4, 0.5) is 18.9 Å². The summed E-state index contributed by atoms with van der Waals surface area (Å²) in [5.74, 6) is -0.252. The molecule has 0 saturated heterocycles. The van der Waals surface area contributed by atoms with Gasteiger partial charge in [0.2, 0.25) is 5.91 Å². The van der Waals surface area contributed by atoms with E-state index in [0.717, 1.165) is 36.1 Å². The average molecular weight is 417 g/mol. The van der Waals surface area contributed by atoms with Crippen molar-refractivity contribution < 1.29 is 27.8 Å². The fourth-order valence-corrected chi connectivity index (χ4v) is 4.10. The van der Waals surface area contributed by atoms with E-state index in [2.05, 4.69) is 5.32 Å². The fraction of sp³-hybridized carbons (Fsp3) is 0.348. The van der Waals surface area contributed by atoms with E-state index >= 15 is 0 Å². The maximum Gasteiger partial charge on any atom is 0.416 e. The van der Waals surface area contributed by atoms with Gasteiger partial charge in [-0.2, -0.15) is 13.2 Å². The van der Waals surface area contributed by atoms with E-state index in [-0.39, 0.29) is 18.3 Å². The molecule has 4 nitrogen and oxygen atoms in total. The highest BCUT2D eigenvalue weighted by molar-refractivity contribution is 6.05. The van der Waals surface area contributed by atoms with E-state index < -0.39 is 17.8 Å². The van der Waals surface area contributed by atoms with Crippen LogP contribution in [0.25, 0.3) is 5.57 Å². The van der Waals surface area contributed by atoms with Gasteiger partial charge >= 0.3 is 6.18 Å². The quantitative estimate of drug-likeness (QED) is 0.655. The van der Waals surface area contributed by atoms with Crippen LogP contribution < -0.4 is 10.1 Å². The molecule has 7 heteroatoms. The van der Waals surface area contributed by atoms with E-state index in [9.17, 15) is 23.1 Å². The van der Waals surface area contributed by atoms with Crippen molar-refractivity contribution in [2.75, 3.05) is 11.9 Å². The Morgan fingerprint density at radius 3 is 2.80 bits per heavy atom. The first-order valence-corrected chi connectivity index (χ1v) is 9.99. The minimum atomic E-state index is -4.46. The number of anilines is 1. The van der Waals surface area contributed by atoms with Crippen molar-refractivity contribution in [3.63, 3.8) is 0 Å². The average Bonchev–Trinajstić information content (AvgIpc) is 2.89. The zero-order valence-corrected chi connectivity index (χ0v) is 16.3. The molecule has 0 spiro atoms. The molecule has 1 aliphatic heterocycles. The number of amides is 1. The van der Waals surface area contributed by atoms with Gasteiger partial charge < -0.3 is 15.2 Å². The first kappa shape index (κ1) is 20.5. The summed E-state index contributed by atoms with van der Waals surface area (Å²) < 4.78 is 44.6. The lowest BCUT2D eigenvalue weighted by atomic mass is 9.88. The molecule has 1 amide bonds. The van der Waals surface area contributed by atoms with E-state index in [1.165, 1.54) is 12.1 Å². The second-order valence-electron chi connectivity index (χ2n) is 7.61. The molecule has 1 heterocycles. The molecule has 2 aromatic carbocycles. The summed E-state index contributed by atoms with van der Waals surface area (Å²) in [6, 6.07) is 8.88. The molecule has 0 aromatic heterocycles. The Bertz CT molecular complexity index is 998. The van der Waals surface area contributed by atoms with Crippen LogP contribution >= 0.6 is 0 Å². The number of nitrogens with one attached hydrogen (secondary N) is 1. The summed E-state index contributed by atoms with van der Waals surface area (Å²) in [4.78, 5) is 12.7. The molecule has 2 N–H and O–H groups in total. The first-order valence-electron chi connectivity index (χ1n) is 9.99. The van der Waals surface area contributed by atoms with Gasteiger partial charge in [0.25, 0.3) is 0 Å². The van der Waals surface area contributed by atoms with Crippen molar-refractivity contribution in [3.8, 4) is 5.75 Å². The maximum absolute atomic E-state index is 13.0. The van der Waals surface area contributed by atoms with E-state index in [1.54, 1.807) is 6.07 Å². The number of aryl methyl sites for hydroxylation is 1. The first-order chi connectivity index (χ1) is 14.3.